The summed E-state index contributed by atoms with van der Waals surface area (Å²) in [5, 5.41) is 14.1. The maximum atomic E-state index is 11.2. The molecule has 1 amide bonds. The lowest BCUT2D eigenvalue weighted by Gasteiger charge is -2.37. The summed E-state index contributed by atoms with van der Waals surface area (Å²) in [5.41, 5.74) is 6.31. The van der Waals surface area contributed by atoms with Gasteiger partial charge in [0.2, 0.25) is 5.95 Å². The Morgan fingerprint density at radius 1 is 1.14 bits per heavy atom. The number of aliphatic hydroxyl groups excluding tert-OH is 1. The predicted molar refractivity (Wildman–Crippen MR) is 139 cm³/mol. The number of amides is 1. The summed E-state index contributed by atoms with van der Waals surface area (Å²) < 4.78 is 6.10. The number of carbonyl (C=O) groups excluding carboxylic acids is 1. The van der Waals surface area contributed by atoms with Crippen molar-refractivity contribution >= 4 is 41.6 Å². The van der Waals surface area contributed by atoms with E-state index in [-0.39, 0.29) is 30.6 Å². The minimum absolute atomic E-state index is 0. The first-order chi connectivity index (χ1) is 16.5. The van der Waals surface area contributed by atoms with Crippen LogP contribution in [-0.4, -0.2) is 71.3 Å². The fourth-order valence-corrected chi connectivity index (χ4v) is 3.93. The second kappa shape index (κ2) is 12.6. The molecule has 1 aliphatic heterocycles. The highest BCUT2D eigenvalue weighted by Crippen LogP contribution is 2.35. The molecule has 1 aromatic heterocycles. The van der Waals surface area contributed by atoms with Crippen LogP contribution >= 0.6 is 24.0 Å². The molecule has 186 valence electrons. The third-order valence-electron chi connectivity index (χ3n) is 5.48. The van der Waals surface area contributed by atoms with Crippen molar-refractivity contribution in [3.63, 3.8) is 0 Å². The number of ether oxygens (including phenoxy) is 1. The maximum Gasteiger partial charge on any atom is 0.267 e. The third kappa shape index (κ3) is 7.43. The number of β-amino-alcohol motifs (C(OH)–C–C–N with tert-alkyl or cyclic N) is 1. The van der Waals surface area contributed by atoms with Crippen molar-refractivity contribution < 1.29 is 14.6 Å². The highest BCUT2D eigenvalue weighted by Gasteiger charge is 2.22. The van der Waals surface area contributed by atoms with Crippen LogP contribution in [0.2, 0.25) is 5.02 Å². The van der Waals surface area contributed by atoms with Crippen molar-refractivity contribution in [1.29, 1.82) is 0 Å². The number of aliphatic hydroxyl groups is 1. The summed E-state index contributed by atoms with van der Waals surface area (Å²) in [4.78, 5) is 23.8. The number of carbonyl (C=O) groups is 1. The largest absolute Gasteiger partial charge is 0.455 e. The van der Waals surface area contributed by atoms with Crippen molar-refractivity contribution in [1.82, 2.24) is 14.9 Å². The number of nitrogens with one attached hydrogen (secondary N) is 1. The smallest absolute Gasteiger partial charge is 0.267 e. The van der Waals surface area contributed by atoms with E-state index in [2.05, 4.69) is 25.1 Å². The van der Waals surface area contributed by atoms with Crippen LogP contribution in [0.5, 0.6) is 11.5 Å². The van der Waals surface area contributed by atoms with Crippen LogP contribution in [0.3, 0.4) is 0 Å². The SMILES string of the molecule is Cl.NC(=O)c1ccnc(NCC(O)CN2CCN(c3cc(Cl)ccc3Oc3ccccc3)CC2)n1. The van der Waals surface area contributed by atoms with Gasteiger partial charge in [0.15, 0.2) is 5.75 Å². The monoisotopic (exact) mass is 518 g/mol. The first-order valence-electron chi connectivity index (χ1n) is 11.0. The molecule has 2 aromatic carbocycles. The van der Waals surface area contributed by atoms with Crippen LogP contribution in [0.1, 0.15) is 10.5 Å². The number of piperazine rings is 1. The van der Waals surface area contributed by atoms with Crippen molar-refractivity contribution in [2.45, 2.75) is 6.10 Å². The lowest BCUT2D eigenvalue weighted by Crippen LogP contribution is -2.49. The summed E-state index contributed by atoms with van der Waals surface area (Å²) in [6.07, 6.45) is 0.822. The van der Waals surface area contributed by atoms with Gasteiger partial charge in [0.25, 0.3) is 5.91 Å². The molecule has 0 saturated carbocycles. The minimum atomic E-state index is -0.629. The Kier molecular flexibility index (Phi) is 9.50. The molecule has 4 rings (SSSR count). The number of nitrogens with zero attached hydrogens (tertiary/aromatic N) is 4. The summed E-state index contributed by atoms with van der Waals surface area (Å²) in [6, 6.07) is 16.7. The van der Waals surface area contributed by atoms with Crippen molar-refractivity contribution in [2.24, 2.45) is 5.73 Å². The molecule has 0 aliphatic carbocycles. The van der Waals surface area contributed by atoms with Gasteiger partial charge in [0, 0.05) is 50.5 Å². The zero-order valence-electron chi connectivity index (χ0n) is 19.0. The molecule has 0 radical (unpaired) electrons. The van der Waals surface area contributed by atoms with Gasteiger partial charge in [-0.2, -0.15) is 0 Å². The molecular formula is C24H28Cl2N6O3. The number of halogens is 2. The van der Waals surface area contributed by atoms with Gasteiger partial charge in [-0.05, 0) is 36.4 Å². The molecule has 0 spiro atoms. The number of primary amides is 1. The van der Waals surface area contributed by atoms with Gasteiger partial charge >= 0.3 is 0 Å². The van der Waals surface area contributed by atoms with Gasteiger partial charge in [0.05, 0.1) is 11.8 Å². The highest BCUT2D eigenvalue weighted by molar-refractivity contribution is 6.31. The zero-order chi connectivity index (χ0) is 23.9. The van der Waals surface area contributed by atoms with Gasteiger partial charge in [0.1, 0.15) is 11.4 Å². The fraction of sp³-hybridized carbons (Fsp3) is 0.292. The van der Waals surface area contributed by atoms with Crippen LogP contribution in [-0.2, 0) is 0 Å². The van der Waals surface area contributed by atoms with E-state index in [1.165, 1.54) is 12.3 Å². The maximum absolute atomic E-state index is 11.2. The second-order valence-corrected chi connectivity index (χ2v) is 8.42. The minimum Gasteiger partial charge on any atom is -0.455 e. The van der Waals surface area contributed by atoms with E-state index >= 15 is 0 Å². The average molecular weight is 519 g/mol. The number of nitrogens with two attached hydrogens (primary N) is 1. The number of rotatable bonds is 9. The number of hydrogen-bond donors (Lipinski definition) is 3. The van der Waals surface area contributed by atoms with E-state index in [9.17, 15) is 9.90 Å². The van der Waals surface area contributed by atoms with Gasteiger partial charge in [-0.3, -0.25) is 9.69 Å². The van der Waals surface area contributed by atoms with Crippen LogP contribution in [0, 0.1) is 0 Å². The summed E-state index contributed by atoms with van der Waals surface area (Å²) >= 11 is 6.28. The summed E-state index contributed by atoms with van der Waals surface area (Å²) in [7, 11) is 0. The lowest BCUT2D eigenvalue weighted by molar-refractivity contribution is 0.0995. The van der Waals surface area contributed by atoms with Crippen LogP contribution in [0.4, 0.5) is 11.6 Å². The molecule has 3 aromatic rings. The van der Waals surface area contributed by atoms with Gasteiger partial charge < -0.3 is 25.8 Å². The van der Waals surface area contributed by atoms with E-state index in [0.717, 1.165) is 43.4 Å². The Balaban J connectivity index is 0.00000342. The lowest BCUT2D eigenvalue weighted by atomic mass is 10.2. The Morgan fingerprint density at radius 3 is 2.60 bits per heavy atom. The summed E-state index contributed by atoms with van der Waals surface area (Å²) in [6.45, 7) is 3.86. The van der Waals surface area contributed by atoms with E-state index in [1.807, 2.05) is 48.5 Å². The molecule has 11 heteroatoms. The van der Waals surface area contributed by atoms with Crippen molar-refractivity contribution in [2.75, 3.05) is 49.5 Å². The van der Waals surface area contributed by atoms with Gasteiger partial charge in [-0.15, -0.1) is 12.4 Å². The standard InChI is InChI=1S/C24H27ClN6O3.ClH/c25-17-6-7-22(34-19-4-2-1-3-5-19)21(14-17)31-12-10-30(11-13-31)16-18(32)15-28-24-27-9-8-20(29-24)23(26)33;/h1-9,14,18,32H,10-13,15-16H2,(H2,26,33)(H,27,28,29);1H. The Bertz CT molecular complexity index is 1110. The molecule has 0 bridgehead atoms. The molecule has 1 aliphatic rings. The average Bonchev–Trinajstić information content (AvgIpc) is 2.85. The number of anilines is 2. The first kappa shape index (κ1) is 26.5. The normalized spacial score (nSPS) is 14.6. The number of hydrogen-bond acceptors (Lipinski definition) is 8. The molecule has 4 N–H and O–H groups in total. The molecule has 2 heterocycles. The number of aromatic nitrogens is 2. The van der Waals surface area contributed by atoms with E-state index in [4.69, 9.17) is 22.1 Å². The van der Waals surface area contributed by atoms with Crippen LogP contribution in [0.25, 0.3) is 0 Å². The van der Waals surface area contributed by atoms with E-state index < -0.39 is 12.0 Å². The molecule has 1 atom stereocenters. The quantitative estimate of drug-likeness (QED) is 0.395. The van der Waals surface area contributed by atoms with E-state index in [1.54, 1.807) is 0 Å². The fourth-order valence-electron chi connectivity index (χ4n) is 3.76. The van der Waals surface area contributed by atoms with E-state index in [0.29, 0.717) is 11.6 Å². The molecule has 9 nitrogen and oxygen atoms in total. The van der Waals surface area contributed by atoms with Crippen LogP contribution < -0.4 is 20.7 Å². The topological polar surface area (TPSA) is 117 Å². The molecule has 1 saturated heterocycles. The van der Waals surface area contributed by atoms with Crippen molar-refractivity contribution in [3.8, 4) is 11.5 Å². The third-order valence-corrected chi connectivity index (χ3v) is 5.71. The second-order valence-electron chi connectivity index (χ2n) is 7.98. The molecule has 35 heavy (non-hydrogen) atoms. The summed E-state index contributed by atoms with van der Waals surface area (Å²) in [5.74, 6) is 1.16. The molecule has 1 unspecified atom stereocenters. The van der Waals surface area contributed by atoms with Gasteiger partial charge in [-0.1, -0.05) is 29.8 Å². The highest BCUT2D eigenvalue weighted by atomic mass is 35.5. The molecule has 1 fully saturated rings. The van der Waals surface area contributed by atoms with Gasteiger partial charge in [-0.25, -0.2) is 9.97 Å². The predicted octanol–water partition coefficient (Wildman–Crippen LogP) is 3.04. The Morgan fingerprint density at radius 2 is 1.89 bits per heavy atom. The zero-order valence-corrected chi connectivity index (χ0v) is 20.6. The Labute approximate surface area is 215 Å². The number of benzene rings is 2. The first-order valence-corrected chi connectivity index (χ1v) is 11.4. The molecular weight excluding hydrogens is 491 g/mol. The van der Waals surface area contributed by atoms with Crippen molar-refractivity contribution in [3.05, 3.63) is 71.5 Å². The number of para-hydroxylation sites is 1. The Hall–Kier alpha value is -3.11. The van der Waals surface area contributed by atoms with Crippen LogP contribution in [0.15, 0.2) is 60.8 Å².